The molecule has 6 aromatic heterocycles. The van der Waals surface area contributed by atoms with Crippen LogP contribution in [0.2, 0.25) is 0 Å². The number of pyridine rings is 4. The fourth-order valence-electron chi connectivity index (χ4n) is 4.14. The standard InChI is InChI=1S/C26H22N10O/c1-36(2)14-22(37)30-17-8-16(10-28-11-17)19-5-6-20-24(31-19)25(35-34-20)26-32-21-13-29-12-18(23(21)33-26)15-4-3-7-27-9-15/h3-13H,14H2,1-2H3,(H,30,37)(H,32,33)(H,34,35). The third-order valence-electron chi connectivity index (χ3n) is 5.78. The molecule has 37 heavy (non-hydrogen) atoms. The third-order valence-corrected chi connectivity index (χ3v) is 5.78. The van der Waals surface area contributed by atoms with Gasteiger partial charge >= 0.3 is 0 Å². The van der Waals surface area contributed by atoms with Crippen molar-refractivity contribution in [3.63, 3.8) is 0 Å². The number of hydrogen-bond acceptors (Lipinski definition) is 8. The summed E-state index contributed by atoms with van der Waals surface area (Å²) in [6.45, 7) is 0.280. The van der Waals surface area contributed by atoms with Gasteiger partial charge in [0.15, 0.2) is 11.5 Å². The summed E-state index contributed by atoms with van der Waals surface area (Å²) in [5, 5.41) is 10.4. The summed E-state index contributed by atoms with van der Waals surface area (Å²) in [4.78, 5) is 39.9. The van der Waals surface area contributed by atoms with E-state index >= 15 is 0 Å². The van der Waals surface area contributed by atoms with Crippen LogP contribution in [0.15, 0.2) is 67.5 Å². The molecule has 0 atom stereocenters. The number of carbonyl (C=O) groups is 1. The van der Waals surface area contributed by atoms with Gasteiger partial charge in [0.05, 0.1) is 41.4 Å². The molecule has 0 radical (unpaired) electrons. The van der Waals surface area contributed by atoms with Gasteiger partial charge in [-0.05, 0) is 38.4 Å². The Morgan fingerprint density at radius 1 is 0.919 bits per heavy atom. The van der Waals surface area contributed by atoms with Crippen LogP contribution in [0.5, 0.6) is 0 Å². The van der Waals surface area contributed by atoms with Gasteiger partial charge in [-0.15, -0.1) is 0 Å². The van der Waals surface area contributed by atoms with Gasteiger partial charge in [-0.2, -0.15) is 5.10 Å². The average Bonchev–Trinajstić information content (AvgIpc) is 3.52. The smallest absolute Gasteiger partial charge is 0.238 e. The van der Waals surface area contributed by atoms with E-state index < -0.39 is 0 Å². The van der Waals surface area contributed by atoms with E-state index in [2.05, 4.69) is 35.5 Å². The van der Waals surface area contributed by atoms with E-state index in [9.17, 15) is 4.79 Å². The van der Waals surface area contributed by atoms with Crippen LogP contribution in [0, 0.1) is 0 Å². The van der Waals surface area contributed by atoms with Crippen LogP contribution in [0.4, 0.5) is 5.69 Å². The van der Waals surface area contributed by atoms with Crippen molar-refractivity contribution in [3.8, 4) is 33.9 Å². The molecule has 182 valence electrons. The van der Waals surface area contributed by atoms with Crippen LogP contribution in [-0.4, -0.2) is 71.5 Å². The molecule has 0 saturated carbocycles. The molecule has 0 fully saturated rings. The molecule has 0 aliphatic heterocycles. The number of aromatic nitrogens is 8. The molecular weight excluding hydrogens is 468 g/mol. The number of carbonyl (C=O) groups excluding carboxylic acids is 1. The number of hydrogen-bond donors (Lipinski definition) is 3. The molecule has 6 heterocycles. The zero-order chi connectivity index (χ0) is 25.4. The summed E-state index contributed by atoms with van der Waals surface area (Å²) in [6, 6.07) is 9.50. The highest BCUT2D eigenvalue weighted by Gasteiger charge is 2.17. The summed E-state index contributed by atoms with van der Waals surface area (Å²) >= 11 is 0. The summed E-state index contributed by atoms with van der Waals surface area (Å²) < 4.78 is 0. The molecule has 11 nitrogen and oxygen atoms in total. The maximum atomic E-state index is 12.2. The Labute approximate surface area is 211 Å². The summed E-state index contributed by atoms with van der Waals surface area (Å²) in [5.74, 6) is 0.460. The van der Waals surface area contributed by atoms with E-state index in [-0.39, 0.29) is 12.5 Å². The normalized spacial score (nSPS) is 11.4. The topological polar surface area (TPSA) is 141 Å². The number of amides is 1. The number of aromatic amines is 2. The molecule has 0 aliphatic carbocycles. The fraction of sp³-hybridized carbons (Fsp3) is 0.115. The van der Waals surface area contributed by atoms with Gasteiger partial charge in [0.25, 0.3) is 0 Å². The minimum Gasteiger partial charge on any atom is -0.335 e. The quantitative estimate of drug-likeness (QED) is 0.322. The van der Waals surface area contributed by atoms with Gasteiger partial charge in [0.2, 0.25) is 5.91 Å². The Morgan fingerprint density at radius 2 is 1.78 bits per heavy atom. The summed E-state index contributed by atoms with van der Waals surface area (Å²) in [7, 11) is 3.68. The second-order valence-corrected chi connectivity index (χ2v) is 8.82. The number of rotatable bonds is 6. The first kappa shape index (κ1) is 22.4. The predicted octanol–water partition coefficient (Wildman–Crippen LogP) is 3.52. The maximum absolute atomic E-state index is 12.2. The SMILES string of the molecule is CN(C)CC(=O)Nc1cncc(-c2ccc3[nH]nc(-c4nc5c(-c6cccnc6)cncc5[nH]4)c3n2)c1. The molecule has 0 aromatic carbocycles. The molecule has 0 bridgehead atoms. The van der Waals surface area contributed by atoms with Crippen LogP contribution in [0.1, 0.15) is 0 Å². The zero-order valence-electron chi connectivity index (χ0n) is 20.1. The number of nitrogens with one attached hydrogen (secondary N) is 3. The molecule has 6 rings (SSSR count). The molecule has 11 heteroatoms. The monoisotopic (exact) mass is 490 g/mol. The lowest BCUT2D eigenvalue weighted by molar-refractivity contribution is -0.116. The summed E-state index contributed by atoms with van der Waals surface area (Å²) in [6.07, 6.45) is 10.4. The lowest BCUT2D eigenvalue weighted by Gasteiger charge is -2.10. The molecule has 0 unspecified atom stereocenters. The first-order valence-corrected chi connectivity index (χ1v) is 11.5. The van der Waals surface area contributed by atoms with Crippen LogP contribution in [-0.2, 0) is 4.79 Å². The fourth-order valence-corrected chi connectivity index (χ4v) is 4.14. The number of anilines is 1. The number of likely N-dealkylation sites (N-methyl/N-ethyl adjacent to an activating group) is 1. The van der Waals surface area contributed by atoms with Crippen molar-refractivity contribution >= 4 is 33.7 Å². The molecule has 0 spiro atoms. The van der Waals surface area contributed by atoms with Gasteiger partial charge in [0.1, 0.15) is 11.0 Å². The number of fused-ring (bicyclic) bond motifs is 2. The van der Waals surface area contributed by atoms with Crippen molar-refractivity contribution in [2.24, 2.45) is 0 Å². The average molecular weight is 491 g/mol. The second-order valence-electron chi connectivity index (χ2n) is 8.82. The van der Waals surface area contributed by atoms with Gasteiger partial charge in [-0.1, -0.05) is 6.07 Å². The molecular formula is C26H22N10O. The molecule has 6 aromatic rings. The Balaban J connectivity index is 1.38. The highest BCUT2D eigenvalue weighted by Crippen LogP contribution is 2.31. The first-order chi connectivity index (χ1) is 18.0. The second kappa shape index (κ2) is 9.21. The van der Waals surface area contributed by atoms with Crippen molar-refractivity contribution in [2.75, 3.05) is 26.0 Å². The molecule has 0 saturated heterocycles. The zero-order valence-corrected chi connectivity index (χ0v) is 20.1. The minimum absolute atomic E-state index is 0.116. The van der Waals surface area contributed by atoms with Gasteiger partial charge in [0, 0.05) is 41.5 Å². The van der Waals surface area contributed by atoms with Gasteiger partial charge in [-0.25, -0.2) is 9.97 Å². The minimum atomic E-state index is -0.116. The molecule has 1 amide bonds. The Morgan fingerprint density at radius 3 is 2.62 bits per heavy atom. The van der Waals surface area contributed by atoms with Crippen LogP contribution in [0.3, 0.4) is 0 Å². The van der Waals surface area contributed by atoms with E-state index in [1.165, 1.54) is 0 Å². The van der Waals surface area contributed by atoms with E-state index in [1.54, 1.807) is 42.1 Å². The Kier molecular flexibility index (Phi) is 5.58. The van der Waals surface area contributed by atoms with Gasteiger partial charge in [-0.3, -0.25) is 24.8 Å². The number of H-pyrrole nitrogens is 2. The van der Waals surface area contributed by atoms with E-state index in [0.29, 0.717) is 28.4 Å². The lowest BCUT2D eigenvalue weighted by Crippen LogP contribution is -2.27. The highest BCUT2D eigenvalue weighted by molar-refractivity contribution is 5.96. The van der Waals surface area contributed by atoms with Crippen LogP contribution in [0.25, 0.3) is 56.0 Å². The van der Waals surface area contributed by atoms with E-state index in [0.717, 1.165) is 33.2 Å². The number of nitrogens with zero attached hydrogens (tertiary/aromatic N) is 7. The van der Waals surface area contributed by atoms with Gasteiger partial charge < -0.3 is 15.2 Å². The van der Waals surface area contributed by atoms with Crippen LogP contribution < -0.4 is 5.32 Å². The van der Waals surface area contributed by atoms with Crippen molar-refractivity contribution in [1.82, 2.24) is 45.0 Å². The largest absolute Gasteiger partial charge is 0.335 e. The van der Waals surface area contributed by atoms with E-state index in [1.807, 2.05) is 44.4 Å². The van der Waals surface area contributed by atoms with Crippen molar-refractivity contribution in [2.45, 2.75) is 0 Å². The summed E-state index contributed by atoms with van der Waals surface area (Å²) in [5.41, 5.74) is 7.45. The van der Waals surface area contributed by atoms with Crippen molar-refractivity contribution in [3.05, 3.63) is 67.5 Å². The van der Waals surface area contributed by atoms with E-state index in [4.69, 9.17) is 9.97 Å². The maximum Gasteiger partial charge on any atom is 0.238 e. The predicted molar refractivity (Wildman–Crippen MR) is 140 cm³/mol. The Hall–Kier alpha value is -5.03. The molecule has 3 N–H and O–H groups in total. The third kappa shape index (κ3) is 4.39. The first-order valence-electron chi connectivity index (χ1n) is 11.5. The van der Waals surface area contributed by atoms with Crippen molar-refractivity contribution in [1.29, 1.82) is 0 Å². The number of imidazole rings is 1. The molecule has 0 aliphatic rings. The van der Waals surface area contributed by atoms with Crippen molar-refractivity contribution < 1.29 is 4.79 Å². The Bertz CT molecular complexity index is 1740. The van der Waals surface area contributed by atoms with Crippen LogP contribution >= 0.6 is 0 Å². The highest BCUT2D eigenvalue weighted by atomic mass is 16.2. The lowest BCUT2D eigenvalue weighted by atomic mass is 10.1.